The van der Waals surface area contributed by atoms with E-state index >= 15 is 0 Å². The minimum Gasteiger partial charge on any atom is -0.347 e. The van der Waals surface area contributed by atoms with Crippen LogP contribution < -0.4 is 16.0 Å². The molecule has 0 aliphatic carbocycles. The number of rotatable bonds is 8. The van der Waals surface area contributed by atoms with Crippen molar-refractivity contribution in [3.8, 4) is 11.1 Å². The summed E-state index contributed by atoms with van der Waals surface area (Å²) in [6.45, 7) is 0.287. The molecule has 39 heavy (non-hydrogen) atoms. The minimum atomic E-state index is -0.349. The first-order valence-electron chi connectivity index (χ1n) is 12.2. The average Bonchev–Trinajstić information content (AvgIpc) is 3.46. The fourth-order valence-electron chi connectivity index (χ4n) is 3.92. The zero-order valence-corrected chi connectivity index (χ0v) is 21.6. The molecule has 0 saturated carbocycles. The maximum absolute atomic E-state index is 13.0. The number of hydrogen-bond acceptors (Lipinski definition) is 5. The summed E-state index contributed by atoms with van der Waals surface area (Å²) in [5.74, 6) is -0.834. The predicted octanol–water partition coefficient (Wildman–Crippen LogP) is 6.24. The fraction of sp³-hybridized carbons (Fsp3) is 0.0323. The highest BCUT2D eigenvalue weighted by Gasteiger charge is 2.16. The third-order valence-corrected chi connectivity index (χ3v) is 6.67. The van der Waals surface area contributed by atoms with Crippen LogP contribution in [0.3, 0.4) is 0 Å². The third-order valence-electron chi connectivity index (χ3n) is 5.91. The van der Waals surface area contributed by atoms with Crippen LogP contribution in [0.2, 0.25) is 0 Å². The fourth-order valence-corrected chi connectivity index (χ4v) is 4.61. The highest BCUT2D eigenvalue weighted by atomic mass is 32.1. The van der Waals surface area contributed by atoms with Gasteiger partial charge in [-0.15, -0.1) is 11.3 Å². The molecule has 8 heteroatoms. The number of amides is 3. The molecule has 7 nitrogen and oxygen atoms in total. The van der Waals surface area contributed by atoms with Gasteiger partial charge in [0.15, 0.2) is 5.13 Å². The van der Waals surface area contributed by atoms with E-state index in [-0.39, 0.29) is 30.0 Å². The molecule has 0 atom stereocenters. The van der Waals surface area contributed by atoms with E-state index in [1.54, 1.807) is 35.7 Å². The number of anilines is 2. The summed E-state index contributed by atoms with van der Waals surface area (Å²) >= 11 is 1.19. The molecule has 5 aromatic rings. The smallest absolute Gasteiger partial charge is 0.271 e. The van der Waals surface area contributed by atoms with Crippen molar-refractivity contribution in [2.24, 2.45) is 0 Å². The van der Waals surface area contributed by atoms with E-state index in [9.17, 15) is 14.4 Å². The molecule has 0 bridgehead atoms. The van der Waals surface area contributed by atoms with Gasteiger partial charge in [0.25, 0.3) is 17.7 Å². The van der Waals surface area contributed by atoms with Crippen LogP contribution in [-0.2, 0) is 6.54 Å². The highest BCUT2D eigenvalue weighted by molar-refractivity contribution is 7.14. The maximum Gasteiger partial charge on any atom is 0.271 e. The van der Waals surface area contributed by atoms with Gasteiger partial charge in [0.1, 0.15) is 5.69 Å². The van der Waals surface area contributed by atoms with Gasteiger partial charge in [0, 0.05) is 28.7 Å². The standard InChI is InChI=1S/C31H24N4O3S/c36-28(23-11-5-2-6-12-23)33-24-17-15-21(16-18-24)19-32-30(38)27-20-39-31(34-27)35-29(37)26-14-8-7-13-25(26)22-9-3-1-4-10-22/h1-18,20H,19H2,(H,32,38)(H,33,36)(H,34,35,37). The van der Waals surface area contributed by atoms with E-state index in [1.807, 2.05) is 78.9 Å². The van der Waals surface area contributed by atoms with Crippen molar-refractivity contribution in [2.45, 2.75) is 6.54 Å². The van der Waals surface area contributed by atoms with Crippen molar-refractivity contribution >= 4 is 39.9 Å². The quantitative estimate of drug-likeness (QED) is 0.220. The van der Waals surface area contributed by atoms with Crippen LogP contribution in [0.4, 0.5) is 10.8 Å². The van der Waals surface area contributed by atoms with Crippen LogP contribution in [0.1, 0.15) is 36.8 Å². The molecule has 0 saturated heterocycles. The summed E-state index contributed by atoms with van der Waals surface area (Å²) in [5.41, 5.74) is 4.60. The van der Waals surface area contributed by atoms with Gasteiger partial charge in [-0.2, -0.15) is 0 Å². The van der Waals surface area contributed by atoms with Crippen LogP contribution in [0, 0.1) is 0 Å². The Morgan fingerprint density at radius 3 is 2.08 bits per heavy atom. The van der Waals surface area contributed by atoms with Gasteiger partial charge in [0.05, 0.1) is 0 Å². The first kappa shape index (κ1) is 25.6. The van der Waals surface area contributed by atoms with E-state index in [0.29, 0.717) is 21.9 Å². The van der Waals surface area contributed by atoms with Crippen molar-refractivity contribution in [2.75, 3.05) is 10.6 Å². The number of nitrogens with one attached hydrogen (secondary N) is 3. The van der Waals surface area contributed by atoms with Crippen molar-refractivity contribution in [1.82, 2.24) is 10.3 Å². The highest BCUT2D eigenvalue weighted by Crippen LogP contribution is 2.25. The summed E-state index contributed by atoms with van der Waals surface area (Å²) in [6, 6.07) is 33.2. The molecule has 3 amide bonds. The Balaban J connectivity index is 1.16. The lowest BCUT2D eigenvalue weighted by Gasteiger charge is -2.09. The molecule has 1 aromatic heterocycles. The summed E-state index contributed by atoms with van der Waals surface area (Å²) in [4.78, 5) is 42.3. The Hall–Kier alpha value is -5.08. The molecule has 4 aromatic carbocycles. The molecule has 5 rings (SSSR count). The van der Waals surface area contributed by atoms with E-state index in [2.05, 4.69) is 20.9 Å². The second-order valence-corrected chi connectivity index (χ2v) is 9.46. The zero-order chi connectivity index (χ0) is 27.0. The number of hydrogen-bond donors (Lipinski definition) is 3. The molecule has 0 unspecified atom stereocenters. The minimum absolute atomic E-state index is 0.188. The molecule has 0 aliphatic heterocycles. The van der Waals surface area contributed by atoms with Crippen LogP contribution >= 0.6 is 11.3 Å². The summed E-state index contributed by atoms with van der Waals surface area (Å²) < 4.78 is 0. The van der Waals surface area contributed by atoms with Crippen molar-refractivity contribution in [3.63, 3.8) is 0 Å². The lowest BCUT2D eigenvalue weighted by Crippen LogP contribution is -2.23. The topological polar surface area (TPSA) is 100 Å². The monoisotopic (exact) mass is 532 g/mol. The molecule has 0 spiro atoms. The Bertz CT molecular complexity index is 1600. The van der Waals surface area contributed by atoms with Crippen LogP contribution in [-0.4, -0.2) is 22.7 Å². The average molecular weight is 533 g/mol. The van der Waals surface area contributed by atoms with E-state index < -0.39 is 0 Å². The van der Waals surface area contributed by atoms with Crippen LogP contribution in [0.5, 0.6) is 0 Å². The lowest BCUT2D eigenvalue weighted by molar-refractivity contribution is 0.0944. The normalized spacial score (nSPS) is 10.5. The Morgan fingerprint density at radius 2 is 1.33 bits per heavy atom. The van der Waals surface area contributed by atoms with Gasteiger partial charge in [-0.05, 0) is 47.0 Å². The molecule has 192 valence electrons. The van der Waals surface area contributed by atoms with Gasteiger partial charge < -0.3 is 10.6 Å². The van der Waals surface area contributed by atoms with Gasteiger partial charge in [-0.3, -0.25) is 19.7 Å². The summed E-state index contributed by atoms with van der Waals surface area (Å²) in [6.07, 6.45) is 0. The molecular formula is C31H24N4O3S. The van der Waals surface area contributed by atoms with E-state index in [1.165, 1.54) is 11.3 Å². The van der Waals surface area contributed by atoms with E-state index in [4.69, 9.17) is 0 Å². The number of thiazole rings is 1. The second kappa shape index (κ2) is 12.0. The molecule has 0 radical (unpaired) electrons. The summed E-state index contributed by atoms with van der Waals surface area (Å²) in [5, 5.41) is 10.4. The van der Waals surface area contributed by atoms with Gasteiger partial charge in [0.2, 0.25) is 0 Å². The zero-order valence-electron chi connectivity index (χ0n) is 20.8. The second-order valence-electron chi connectivity index (χ2n) is 8.60. The SMILES string of the molecule is O=C(Nc1ccc(CNC(=O)c2csc(NC(=O)c3ccccc3-c3ccccc3)n2)cc1)c1ccccc1. The molecule has 0 aliphatic rings. The predicted molar refractivity (Wildman–Crippen MR) is 154 cm³/mol. The van der Waals surface area contributed by atoms with Crippen molar-refractivity contribution in [1.29, 1.82) is 0 Å². The number of carbonyl (C=O) groups excluding carboxylic acids is 3. The summed E-state index contributed by atoms with van der Waals surface area (Å²) in [7, 11) is 0. The van der Waals surface area contributed by atoms with Gasteiger partial charge in [-0.25, -0.2) is 4.98 Å². The Kier molecular flexibility index (Phi) is 7.85. The van der Waals surface area contributed by atoms with Crippen molar-refractivity contribution in [3.05, 3.63) is 137 Å². The van der Waals surface area contributed by atoms with Gasteiger partial charge >= 0.3 is 0 Å². The molecule has 3 N–H and O–H groups in total. The number of benzene rings is 4. The first-order valence-corrected chi connectivity index (χ1v) is 13.1. The number of nitrogens with zero attached hydrogens (tertiary/aromatic N) is 1. The van der Waals surface area contributed by atoms with Crippen LogP contribution in [0.25, 0.3) is 11.1 Å². The molecule has 1 heterocycles. The maximum atomic E-state index is 13.0. The number of aromatic nitrogens is 1. The number of carbonyl (C=O) groups is 3. The Labute approximate surface area is 229 Å². The van der Waals surface area contributed by atoms with E-state index in [0.717, 1.165) is 16.7 Å². The third kappa shape index (κ3) is 6.44. The first-order chi connectivity index (χ1) is 19.1. The lowest BCUT2D eigenvalue weighted by atomic mass is 9.99. The molecular weight excluding hydrogens is 508 g/mol. The largest absolute Gasteiger partial charge is 0.347 e. The van der Waals surface area contributed by atoms with Gasteiger partial charge in [-0.1, -0.05) is 78.9 Å². The van der Waals surface area contributed by atoms with Crippen LogP contribution in [0.15, 0.2) is 115 Å². The molecule has 0 fully saturated rings. The van der Waals surface area contributed by atoms with Crippen molar-refractivity contribution < 1.29 is 14.4 Å². The Morgan fingerprint density at radius 1 is 0.667 bits per heavy atom.